The fourth-order valence-corrected chi connectivity index (χ4v) is 5.07. The molecule has 1 N–H and O–H groups in total. The van der Waals surface area contributed by atoms with E-state index < -0.39 is 21.6 Å². The van der Waals surface area contributed by atoms with Crippen LogP contribution in [-0.4, -0.2) is 45.2 Å². The van der Waals surface area contributed by atoms with Gasteiger partial charge in [0.1, 0.15) is 11.6 Å². The number of carbonyl (C=O) groups excluding carboxylic acids is 1. The molecule has 3 aromatic rings. The van der Waals surface area contributed by atoms with E-state index in [0.717, 1.165) is 24.0 Å². The maximum atomic E-state index is 13.3. The third-order valence-electron chi connectivity index (χ3n) is 6.14. The summed E-state index contributed by atoms with van der Waals surface area (Å²) in [4.78, 5) is 13.3. The van der Waals surface area contributed by atoms with Crippen molar-refractivity contribution in [2.45, 2.75) is 43.9 Å². The Morgan fingerprint density at radius 2 is 1.70 bits per heavy atom. The molecule has 3 aromatic carbocycles. The Hall–Kier alpha value is -3.44. The minimum Gasteiger partial charge on any atom is -0.494 e. The summed E-state index contributed by atoms with van der Waals surface area (Å²) in [5, 5.41) is 2.59. The Labute approximate surface area is 231 Å². The number of hydrogen-bond acceptors (Lipinski definition) is 5. The van der Waals surface area contributed by atoms with Crippen LogP contribution in [0, 0.1) is 5.82 Å². The van der Waals surface area contributed by atoms with Gasteiger partial charge in [0.2, 0.25) is 5.91 Å². The molecule has 0 heterocycles. The molecule has 11 heteroatoms. The molecule has 0 unspecified atom stereocenters. The van der Waals surface area contributed by atoms with Crippen molar-refractivity contribution in [1.29, 1.82) is 0 Å². The lowest BCUT2D eigenvalue weighted by Gasteiger charge is -2.23. The number of nitrogens with one attached hydrogen (secondary N) is 1. The van der Waals surface area contributed by atoms with E-state index in [0.29, 0.717) is 42.8 Å². The Morgan fingerprint density at radius 3 is 2.35 bits per heavy atom. The highest BCUT2D eigenvalue weighted by Crippen LogP contribution is 2.30. The van der Waals surface area contributed by atoms with E-state index in [9.17, 15) is 30.8 Å². The molecule has 0 saturated heterocycles. The number of sulfone groups is 1. The molecular weight excluding hydrogens is 548 g/mol. The Balaban J connectivity index is 1.66. The van der Waals surface area contributed by atoms with Crippen LogP contribution in [0.3, 0.4) is 0 Å². The molecule has 3 rings (SSSR count). The molecule has 0 bridgehead atoms. The second-order valence-electron chi connectivity index (χ2n) is 9.50. The van der Waals surface area contributed by atoms with Gasteiger partial charge in [-0.15, -0.1) is 0 Å². The van der Waals surface area contributed by atoms with Crippen LogP contribution in [0.15, 0.2) is 71.6 Å². The Morgan fingerprint density at radius 1 is 0.975 bits per heavy atom. The van der Waals surface area contributed by atoms with Crippen LogP contribution in [0.4, 0.5) is 17.6 Å². The van der Waals surface area contributed by atoms with Gasteiger partial charge in [-0.25, -0.2) is 12.8 Å². The molecule has 216 valence electrons. The smallest absolute Gasteiger partial charge is 0.416 e. The van der Waals surface area contributed by atoms with Crippen molar-refractivity contribution < 1.29 is 35.5 Å². The molecule has 0 saturated carbocycles. The van der Waals surface area contributed by atoms with Gasteiger partial charge in [0.05, 0.1) is 17.1 Å². The Kier molecular flexibility index (Phi) is 10.7. The highest BCUT2D eigenvalue weighted by molar-refractivity contribution is 7.90. The number of rotatable bonds is 13. The van der Waals surface area contributed by atoms with E-state index in [1.165, 1.54) is 31.2 Å². The van der Waals surface area contributed by atoms with Crippen molar-refractivity contribution in [2.24, 2.45) is 0 Å². The molecule has 0 aliphatic carbocycles. The van der Waals surface area contributed by atoms with Gasteiger partial charge in [0.25, 0.3) is 0 Å². The molecule has 0 aliphatic heterocycles. The summed E-state index contributed by atoms with van der Waals surface area (Å²) in [5.41, 5.74) is 1.15. The van der Waals surface area contributed by atoms with Crippen molar-refractivity contribution in [3.63, 3.8) is 0 Å². The summed E-state index contributed by atoms with van der Waals surface area (Å²) in [5.74, 6) is -0.277. The molecule has 0 aromatic heterocycles. The van der Waals surface area contributed by atoms with Gasteiger partial charge < -0.3 is 10.1 Å². The zero-order chi connectivity index (χ0) is 29.3. The first-order valence-electron chi connectivity index (χ1n) is 12.6. The maximum Gasteiger partial charge on any atom is 0.416 e. The first kappa shape index (κ1) is 31.1. The van der Waals surface area contributed by atoms with Crippen LogP contribution in [0.25, 0.3) is 0 Å². The summed E-state index contributed by atoms with van der Waals surface area (Å²) >= 11 is 0. The topological polar surface area (TPSA) is 75.7 Å². The molecule has 1 amide bonds. The second kappa shape index (κ2) is 13.8. The summed E-state index contributed by atoms with van der Waals surface area (Å²) in [6.07, 6.45) is -2.26. The lowest BCUT2D eigenvalue weighted by atomic mass is 10.1. The summed E-state index contributed by atoms with van der Waals surface area (Å²) < 4.78 is 83.2. The molecular formula is C29H32F4N2O4S. The average Bonchev–Trinajstić information content (AvgIpc) is 2.88. The van der Waals surface area contributed by atoms with Gasteiger partial charge in [-0.1, -0.05) is 36.4 Å². The highest BCUT2D eigenvalue weighted by atomic mass is 32.2. The van der Waals surface area contributed by atoms with Crippen LogP contribution in [-0.2, 0) is 40.3 Å². The second-order valence-corrected chi connectivity index (χ2v) is 11.5. The van der Waals surface area contributed by atoms with Gasteiger partial charge >= 0.3 is 6.18 Å². The number of benzene rings is 3. The summed E-state index contributed by atoms with van der Waals surface area (Å²) in [6.45, 7) is 2.95. The van der Waals surface area contributed by atoms with Crippen LogP contribution in [0.1, 0.15) is 35.6 Å². The number of hydrogen-bond donors (Lipinski definition) is 1. The van der Waals surface area contributed by atoms with E-state index in [1.54, 1.807) is 30.3 Å². The predicted molar refractivity (Wildman–Crippen MR) is 144 cm³/mol. The maximum absolute atomic E-state index is 13.3. The van der Waals surface area contributed by atoms with Gasteiger partial charge in [0, 0.05) is 39.4 Å². The first-order valence-corrected chi connectivity index (χ1v) is 14.5. The van der Waals surface area contributed by atoms with Crippen LogP contribution < -0.4 is 10.1 Å². The zero-order valence-corrected chi connectivity index (χ0v) is 23.1. The fraction of sp³-hybridized carbons (Fsp3) is 0.345. The quantitative estimate of drug-likeness (QED) is 0.217. The van der Waals surface area contributed by atoms with Gasteiger partial charge in [0.15, 0.2) is 9.84 Å². The molecule has 6 nitrogen and oxygen atoms in total. The van der Waals surface area contributed by atoms with E-state index >= 15 is 0 Å². The molecule has 0 aliphatic rings. The van der Waals surface area contributed by atoms with E-state index in [-0.39, 0.29) is 36.3 Å². The van der Waals surface area contributed by atoms with Crippen molar-refractivity contribution in [1.82, 2.24) is 10.2 Å². The lowest BCUT2D eigenvalue weighted by Crippen LogP contribution is -2.28. The van der Waals surface area contributed by atoms with Crippen LogP contribution in [0.5, 0.6) is 5.75 Å². The van der Waals surface area contributed by atoms with Crippen LogP contribution in [0.2, 0.25) is 0 Å². The zero-order valence-electron chi connectivity index (χ0n) is 22.3. The minimum absolute atomic E-state index is 0.0595. The van der Waals surface area contributed by atoms with E-state index in [1.807, 2.05) is 4.90 Å². The van der Waals surface area contributed by atoms with Crippen molar-refractivity contribution >= 4 is 15.7 Å². The number of nitrogens with zero attached hydrogens (tertiary/aromatic N) is 1. The van der Waals surface area contributed by atoms with E-state index in [4.69, 9.17) is 4.74 Å². The highest BCUT2D eigenvalue weighted by Gasteiger charge is 2.30. The van der Waals surface area contributed by atoms with Gasteiger partial charge in [-0.3, -0.25) is 9.69 Å². The summed E-state index contributed by atoms with van der Waals surface area (Å²) in [7, 11) is -3.58. The molecule has 0 radical (unpaired) electrons. The first-order chi connectivity index (χ1) is 18.8. The summed E-state index contributed by atoms with van der Waals surface area (Å²) in [6, 6.07) is 15.9. The molecule has 40 heavy (non-hydrogen) atoms. The largest absolute Gasteiger partial charge is 0.494 e. The normalized spacial score (nSPS) is 12.0. The lowest BCUT2D eigenvalue weighted by molar-refractivity contribution is -0.137. The van der Waals surface area contributed by atoms with Crippen molar-refractivity contribution in [3.8, 4) is 5.75 Å². The molecule has 0 spiro atoms. The van der Waals surface area contributed by atoms with Gasteiger partial charge in [-0.05, 0) is 59.9 Å². The number of carbonyl (C=O) groups is 1. The molecule has 0 atom stereocenters. The predicted octanol–water partition coefficient (Wildman–Crippen LogP) is 5.40. The molecule has 0 fully saturated rings. The SMILES string of the molecule is CC(=O)NCc1ccc(OCCCN(CCc2ccc(F)cc2)Cc2cccc(C(F)(F)F)c2)cc1S(C)(=O)=O. The number of alkyl halides is 3. The fourth-order valence-electron chi connectivity index (χ4n) is 4.13. The minimum atomic E-state index is -4.44. The Bertz CT molecular complexity index is 1390. The number of amides is 1. The third-order valence-corrected chi connectivity index (χ3v) is 7.32. The monoisotopic (exact) mass is 580 g/mol. The van der Waals surface area contributed by atoms with Gasteiger partial charge in [-0.2, -0.15) is 13.2 Å². The number of halogens is 4. The van der Waals surface area contributed by atoms with E-state index in [2.05, 4.69) is 5.32 Å². The van der Waals surface area contributed by atoms with Crippen molar-refractivity contribution in [3.05, 3.63) is 94.8 Å². The van der Waals surface area contributed by atoms with Crippen molar-refractivity contribution in [2.75, 3.05) is 26.0 Å². The third kappa shape index (κ3) is 9.95. The standard InChI is InChI=1S/C29H32F4N2O4S/c1-21(36)34-19-24-9-12-27(18-28(24)40(2,37)38)39-16-4-14-35(15-13-22-7-10-26(30)11-8-22)20-23-5-3-6-25(17-23)29(31,32)33/h3,5-12,17-18H,4,13-16,19-20H2,1-2H3,(H,34,36). The average molecular weight is 581 g/mol. The number of ether oxygens (including phenoxy) is 1. The van der Waals surface area contributed by atoms with Crippen LogP contribution >= 0.6 is 0 Å².